The zero-order valence-electron chi connectivity index (χ0n) is 11.1. The third kappa shape index (κ3) is 2.50. The van der Waals surface area contributed by atoms with Crippen molar-refractivity contribution in [1.29, 1.82) is 0 Å². The molecule has 0 radical (unpaired) electrons. The number of benzene rings is 1. The van der Waals surface area contributed by atoms with Crippen LogP contribution in [0.5, 0.6) is 0 Å². The molecule has 2 aromatic heterocycles. The number of hydrogen-bond donors (Lipinski definition) is 1. The number of imidazole rings is 1. The first-order valence-corrected chi connectivity index (χ1v) is 6.55. The molecule has 21 heavy (non-hydrogen) atoms. The van der Waals surface area contributed by atoms with Crippen LogP contribution >= 0.6 is 0 Å². The average molecular weight is 284 g/mol. The zero-order chi connectivity index (χ0) is 14.8. The van der Waals surface area contributed by atoms with Gasteiger partial charge in [-0.1, -0.05) is 24.3 Å². The smallest absolute Gasteiger partial charge is 0.312 e. The minimum absolute atomic E-state index is 0.0965. The van der Waals surface area contributed by atoms with E-state index in [1.165, 1.54) is 6.07 Å². The summed E-state index contributed by atoms with van der Waals surface area (Å²) in [6.07, 6.45) is 3.42. The van der Waals surface area contributed by atoms with Gasteiger partial charge in [0.15, 0.2) is 0 Å². The summed E-state index contributed by atoms with van der Waals surface area (Å²) in [4.78, 5) is 15.8. The van der Waals surface area contributed by atoms with Crippen LogP contribution in [-0.2, 0) is 11.2 Å². The summed E-state index contributed by atoms with van der Waals surface area (Å²) >= 11 is 0. The van der Waals surface area contributed by atoms with Crippen LogP contribution in [0.3, 0.4) is 0 Å². The molecule has 0 aliphatic carbocycles. The number of carboxylic acid groups (broad SMARTS) is 1. The Morgan fingerprint density at radius 2 is 2.05 bits per heavy atom. The summed E-state index contributed by atoms with van der Waals surface area (Å²) in [5.74, 6) is -2.21. The SMILES string of the molecule is O=C(O)C(Cc1ccccc1F)c1cccc2nccn12. The second kappa shape index (κ2) is 5.36. The molecule has 0 saturated carbocycles. The quantitative estimate of drug-likeness (QED) is 0.801. The molecule has 3 rings (SSSR count). The number of rotatable bonds is 4. The number of halogens is 1. The van der Waals surface area contributed by atoms with Gasteiger partial charge in [0, 0.05) is 18.1 Å². The fourth-order valence-corrected chi connectivity index (χ4v) is 2.46. The molecule has 0 aliphatic heterocycles. The first-order valence-electron chi connectivity index (χ1n) is 6.55. The molecule has 3 aromatic rings. The lowest BCUT2D eigenvalue weighted by atomic mass is 9.95. The standard InChI is InChI=1S/C16H13FN2O2/c17-13-5-2-1-4-11(13)10-12(16(20)21)14-6-3-7-15-18-8-9-19(14)15/h1-9,12H,10H2,(H,20,21). The van der Waals surface area contributed by atoms with Crippen LogP contribution < -0.4 is 0 Å². The van der Waals surface area contributed by atoms with Gasteiger partial charge in [-0.15, -0.1) is 0 Å². The van der Waals surface area contributed by atoms with Gasteiger partial charge in [0.1, 0.15) is 17.4 Å². The molecule has 0 saturated heterocycles. The van der Waals surface area contributed by atoms with Crippen molar-refractivity contribution in [2.75, 3.05) is 0 Å². The molecule has 0 fully saturated rings. The van der Waals surface area contributed by atoms with Crippen molar-refractivity contribution in [2.45, 2.75) is 12.3 Å². The molecular weight excluding hydrogens is 271 g/mol. The van der Waals surface area contributed by atoms with E-state index in [1.807, 2.05) is 0 Å². The third-order valence-corrected chi connectivity index (χ3v) is 3.50. The molecule has 1 N–H and O–H groups in total. The number of pyridine rings is 1. The number of fused-ring (bicyclic) bond motifs is 1. The van der Waals surface area contributed by atoms with Crippen molar-refractivity contribution in [3.63, 3.8) is 0 Å². The Kier molecular flexibility index (Phi) is 3.39. The Balaban J connectivity index is 2.05. The van der Waals surface area contributed by atoms with Gasteiger partial charge in [-0.3, -0.25) is 4.79 Å². The molecule has 2 heterocycles. The highest BCUT2D eigenvalue weighted by Gasteiger charge is 2.24. The van der Waals surface area contributed by atoms with Crippen molar-refractivity contribution in [1.82, 2.24) is 9.38 Å². The maximum Gasteiger partial charge on any atom is 0.312 e. The summed E-state index contributed by atoms with van der Waals surface area (Å²) in [6.45, 7) is 0. The average Bonchev–Trinajstić information content (AvgIpc) is 2.94. The summed E-state index contributed by atoms with van der Waals surface area (Å²) in [5.41, 5.74) is 1.65. The molecule has 1 aromatic carbocycles. The molecule has 1 unspecified atom stereocenters. The molecule has 5 heteroatoms. The number of hydrogen-bond acceptors (Lipinski definition) is 2. The van der Waals surface area contributed by atoms with Gasteiger partial charge in [-0.2, -0.15) is 0 Å². The molecule has 0 spiro atoms. The maximum atomic E-state index is 13.8. The number of nitrogens with zero attached hydrogens (tertiary/aromatic N) is 2. The van der Waals surface area contributed by atoms with Crippen molar-refractivity contribution in [3.8, 4) is 0 Å². The van der Waals surface area contributed by atoms with Crippen molar-refractivity contribution >= 4 is 11.6 Å². The van der Waals surface area contributed by atoms with Crippen LogP contribution in [0.2, 0.25) is 0 Å². The Labute approximate surface area is 120 Å². The molecule has 106 valence electrons. The minimum Gasteiger partial charge on any atom is -0.481 e. The third-order valence-electron chi connectivity index (χ3n) is 3.50. The highest BCUT2D eigenvalue weighted by Crippen LogP contribution is 2.23. The Bertz CT molecular complexity index is 798. The lowest BCUT2D eigenvalue weighted by molar-refractivity contribution is -0.138. The van der Waals surface area contributed by atoms with Gasteiger partial charge < -0.3 is 9.51 Å². The summed E-state index contributed by atoms with van der Waals surface area (Å²) in [6, 6.07) is 11.5. The first kappa shape index (κ1) is 13.3. The van der Waals surface area contributed by atoms with Gasteiger partial charge in [0.05, 0.1) is 0 Å². The van der Waals surface area contributed by atoms with Gasteiger partial charge in [0.2, 0.25) is 0 Å². The molecule has 0 aliphatic rings. The first-order chi connectivity index (χ1) is 10.2. The van der Waals surface area contributed by atoms with E-state index in [1.54, 1.807) is 53.2 Å². The van der Waals surface area contributed by atoms with E-state index in [9.17, 15) is 14.3 Å². The van der Waals surface area contributed by atoms with Gasteiger partial charge in [-0.05, 0) is 30.2 Å². The molecular formula is C16H13FN2O2. The van der Waals surface area contributed by atoms with Crippen molar-refractivity contribution in [3.05, 3.63) is 71.9 Å². The molecule has 0 bridgehead atoms. The number of aliphatic carboxylic acids is 1. The predicted molar refractivity (Wildman–Crippen MR) is 75.7 cm³/mol. The van der Waals surface area contributed by atoms with Crippen LogP contribution in [0.1, 0.15) is 17.2 Å². The lowest BCUT2D eigenvalue weighted by Crippen LogP contribution is -2.18. The minimum atomic E-state index is -0.987. The Morgan fingerprint density at radius 1 is 1.24 bits per heavy atom. The molecule has 1 atom stereocenters. The van der Waals surface area contributed by atoms with Gasteiger partial charge >= 0.3 is 5.97 Å². The Morgan fingerprint density at radius 3 is 2.81 bits per heavy atom. The summed E-state index contributed by atoms with van der Waals surface area (Å²) in [5, 5.41) is 9.52. The van der Waals surface area contributed by atoms with E-state index in [0.717, 1.165) is 0 Å². The second-order valence-corrected chi connectivity index (χ2v) is 4.79. The van der Waals surface area contributed by atoms with Gasteiger partial charge in [-0.25, -0.2) is 9.37 Å². The molecule has 4 nitrogen and oxygen atoms in total. The fourth-order valence-electron chi connectivity index (χ4n) is 2.46. The van der Waals surface area contributed by atoms with E-state index < -0.39 is 11.9 Å². The van der Waals surface area contributed by atoms with Crippen molar-refractivity contribution in [2.24, 2.45) is 0 Å². The zero-order valence-corrected chi connectivity index (χ0v) is 11.1. The Hall–Kier alpha value is -2.69. The molecule has 0 amide bonds. The van der Waals surface area contributed by atoms with Crippen LogP contribution in [-0.4, -0.2) is 20.5 Å². The number of carboxylic acids is 1. The predicted octanol–water partition coefficient (Wildman–Crippen LogP) is 2.88. The van der Waals surface area contributed by atoms with Crippen LogP contribution in [0.4, 0.5) is 4.39 Å². The number of carbonyl (C=O) groups is 1. The fraction of sp³-hybridized carbons (Fsp3) is 0.125. The lowest BCUT2D eigenvalue weighted by Gasteiger charge is -2.15. The van der Waals surface area contributed by atoms with E-state index in [4.69, 9.17) is 0 Å². The highest BCUT2D eigenvalue weighted by atomic mass is 19.1. The summed E-state index contributed by atoms with van der Waals surface area (Å²) in [7, 11) is 0. The second-order valence-electron chi connectivity index (χ2n) is 4.79. The maximum absolute atomic E-state index is 13.8. The van der Waals surface area contributed by atoms with E-state index in [0.29, 0.717) is 16.9 Å². The van der Waals surface area contributed by atoms with Gasteiger partial charge in [0.25, 0.3) is 0 Å². The van der Waals surface area contributed by atoms with Crippen LogP contribution in [0.25, 0.3) is 5.65 Å². The normalized spacial score (nSPS) is 12.4. The van der Waals surface area contributed by atoms with Crippen LogP contribution in [0.15, 0.2) is 54.9 Å². The van der Waals surface area contributed by atoms with E-state index in [-0.39, 0.29) is 12.2 Å². The van der Waals surface area contributed by atoms with Crippen molar-refractivity contribution < 1.29 is 14.3 Å². The summed E-state index contributed by atoms with van der Waals surface area (Å²) < 4.78 is 15.5. The van der Waals surface area contributed by atoms with E-state index in [2.05, 4.69) is 4.98 Å². The van der Waals surface area contributed by atoms with E-state index >= 15 is 0 Å². The topological polar surface area (TPSA) is 54.6 Å². The van der Waals surface area contributed by atoms with Crippen LogP contribution in [0, 0.1) is 5.82 Å². The monoisotopic (exact) mass is 284 g/mol. The highest BCUT2D eigenvalue weighted by molar-refractivity contribution is 5.76. The largest absolute Gasteiger partial charge is 0.481 e. The number of aromatic nitrogens is 2.